The molecule has 4 aromatic rings. The Kier molecular flexibility index (Phi) is 5.83. The van der Waals surface area contributed by atoms with Gasteiger partial charge in [0.25, 0.3) is 0 Å². The molecule has 3 heterocycles. The zero-order chi connectivity index (χ0) is 24.5. The van der Waals surface area contributed by atoms with E-state index in [0.29, 0.717) is 11.1 Å². The van der Waals surface area contributed by atoms with Gasteiger partial charge in [-0.15, -0.1) is 0 Å². The third kappa shape index (κ3) is 4.28. The molecule has 0 spiro atoms. The van der Waals surface area contributed by atoms with Crippen molar-refractivity contribution in [1.82, 2.24) is 19.5 Å². The van der Waals surface area contributed by atoms with Crippen LogP contribution in [0.3, 0.4) is 0 Å². The van der Waals surface area contributed by atoms with Crippen molar-refractivity contribution >= 4 is 28.9 Å². The average molecular weight is 477 g/mol. The summed E-state index contributed by atoms with van der Waals surface area (Å²) in [6, 6.07) is 16.7. The predicted molar refractivity (Wildman–Crippen MR) is 121 cm³/mol. The number of imidazole rings is 1. The number of hydrogen-bond acceptors (Lipinski definition) is 9. The van der Waals surface area contributed by atoms with Crippen LogP contribution in [0, 0.1) is 6.08 Å². The standard InChI is InChI=1S/C24H20FN5O5/c1-13-17(34-22(31)14-8-4-2-5-9-14)18(35-23(32)15-10-6-3-7-11-15)21(33-13)30-12-27-16-19(26)28-24(25)29-20(16)30/h2-13,17-18,21H,1H3,(H2,26,28,29)/t13-,17-,18-,21-/m1/s1. The Morgan fingerprint density at radius 1 is 0.943 bits per heavy atom. The first kappa shape index (κ1) is 22.4. The number of fused-ring (bicyclic) bond motifs is 1. The number of aromatic nitrogens is 4. The van der Waals surface area contributed by atoms with Crippen molar-refractivity contribution in [3.63, 3.8) is 0 Å². The van der Waals surface area contributed by atoms with Gasteiger partial charge in [-0.2, -0.15) is 14.4 Å². The molecule has 4 atom stereocenters. The first-order valence-electron chi connectivity index (χ1n) is 10.8. The summed E-state index contributed by atoms with van der Waals surface area (Å²) in [5.41, 5.74) is 6.60. The largest absolute Gasteiger partial charge is 0.452 e. The Labute approximate surface area is 198 Å². The number of nitrogens with zero attached hydrogens (tertiary/aromatic N) is 4. The topological polar surface area (TPSA) is 131 Å². The second-order valence-corrected chi connectivity index (χ2v) is 7.91. The first-order valence-corrected chi connectivity index (χ1v) is 10.8. The van der Waals surface area contributed by atoms with E-state index >= 15 is 0 Å². The van der Waals surface area contributed by atoms with E-state index in [1.807, 2.05) is 0 Å². The van der Waals surface area contributed by atoms with Crippen molar-refractivity contribution in [2.24, 2.45) is 0 Å². The molecule has 0 aliphatic carbocycles. The number of rotatable bonds is 5. The highest BCUT2D eigenvalue weighted by atomic mass is 19.1. The van der Waals surface area contributed by atoms with Gasteiger partial charge in [0.2, 0.25) is 0 Å². The normalized spacial score (nSPS) is 21.7. The second kappa shape index (κ2) is 9.11. The summed E-state index contributed by atoms with van der Waals surface area (Å²) in [5.74, 6) is -1.41. The van der Waals surface area contributed by atoms with Crippen LogP contribution >= 0.6 is 0 Å². The van der Waals surface area contributed by atoms with E-state index in [4.69, 9.17) is 19.9 Å². The van der Waals surface area contributed by atoms with E-state index in [0.717, 1.165) is 0 Å². The van der Waals surface area contributed by atoms with Gasteiger partial charge in [-0.1, -0.05) is 36.4 Å². The third-order valence-electron chi connectivity index (χ3n) is 5.62. The second-order valence-electron chi connectivity index (χ2n) is 7.91. The van der Waals surface area contributed by atoms with Crippen LogP contribution in [-0.4, -0.2) is 49.8 Å². The van der Waals surface area contributed by atoms with Gasteiger partial charge in [-0.05, 0) is 31.2 Å². The molecule has 0 amide bonds. The molecular formula is C24H20FN5O5. The van der Waals surface area contributed by atoms with Gasteiger partial charge in [-0.3, -0.25) is 4.57 Å². The Balaban J connectivity index is 1.52. The molecule has 1 aliphatic heterocycles. The minimum Gasteiger partial charge on any atom is -0.452 e. The number of nitrogen functional groups attached to an aromatic ring is 1. The van der Waals surface area contributed by atoms with E-state index in [9.17, 15) is 14.0 Å². The number of ether oxygens (including phenoxy) is 3. The van der Waals surface area contributed by atoms with E-state index in [-0.39, 0.29) is 17.0 Å². The summed E-state index contributed by atoms with van der Waals surface area (Å²) in [7, 11) is 0. The zero-order valence-electron chi connectivity index (χ0n) is 18.4. The lowest BCUT2D eigenvalue weighted by atomic mass is 10.1. The molecule has 2 aromatic heterocycles. The van der Waals surface area contributed by atoms with Gasteiger partial charge in [0.1, 0.15) is 0 Å². The van der Waals surface area contributed by atoms with Crippen molar-refractivity contribution in [3.8, 4) is 0 Å². The van der Waals surface area contributed by atoms with Crippen molar-refractivity contribution in [2.45, 2.75) is 31.5 Å². The van der Waals surface area contributed by atoms with Gasteiger partial charge >= 0.3 is 18.0 Å². The van der Waals surface area contributed by atoms with Gasteiger partial charge in [0.05, 0.1) is 23.6 Å². The molecule has 0 radical (unpaired) electrons. The number of nitrogens with two attached hydrogens (primary N) is 1. The molecule has 10 nitrogen and oxygen atoms in total. The molecule has 11 heteroatoms. The summed E-state index contributed by atoms with van der Waals surface area (Å²) < 4.78 is 32.9. The van der Waals surface area contributed by atoms with Crippen molar-refractivity contribution in [3.05, 3.63) is 84.2 Å². The SMILES string of the molecule is C[C@H]1O[C@@H](n2cnc3c(N)nc(F)nc32)[C@H](OC(=O)c2ccccc2)[C@@H]1OC(=O)c1ccccc1. The van der Waals surface area contributed by atoms with Crippen molar-refractivity contribution in [2.75, 3.05) is 5.73 Å². The Morgan fingerprint density at radius 2 is 1.51 bits per heavy atom. The average Bonchev–Trinajstić information content (AvgIpc) is 3.41. The van der Waals surface area contributed by atoms with Crippen molar-refractivity contribution < 1.29 is 28.2 Å². The molecular weight excluding hydrogens is 457 g/mol. The monoisotopic (exact) mass is 477 g/mol. The van der Waals surface area contributed by atoms with E-state index in [1.165, 1.54) is 10.9 Å². The number of hydrogen-bond donors (Lipinski definition) is 1. The number of anilines is 1. The maximum Gasteiger partial charge on any atom is 0.338 e. The molecule has 2 aromatic carbocycles. The van der Waals surface area contributed by atoms with Crippen LogP contribution in [0.5, 0.6) is 0 Å². The zero-order valence-corrected chi connectivity index (χ0v) is 18.4. The van der Waals surface area contributed by atoms with Gasteiger partial charge in [0, 0.05) is 0 Å². The Morgan fingerprint density at radius 3 is 2.11 bits per heavy atom. The molecule has 35 heavy (non-hydrogen) atoms. The lowest BCUT2D eigenvalue weighted by Crippen LogP contribution is -2.39. The highest BCUT2D eigenvalue weighted by molar-refractivity contribution is 5.90. The summed E-state index contributed by atoms with van der Waals surface area (Å²) in [6.45, 7) is 1.68. The fourth-order valence-corrected chi connectivity index (χ4v) is 3.94. The molecule has 178 valence electrons. The maximum atomic E-state index is 13.9. The minimum atomic E-state index is -1.11. The van der Waals surface area contributed by atoms with Crippen LogP contribution in [-0.2, 0) is 14.2 Å². The van der Waals surface area contributed by atoms with Gasteiger partial charge in [0.15, 0.2) is 35.4 Å². The summed E-state index contributed by atoms with van der Waals surface area (Å²) in [4.78, 5) is 37.2. The maximum absolute atomic E-state index is 13.9. The highest BCUT2D eigenvalue weighted by Crippen LogP contribution is 2.36. The number of carbonyl (C=O) groups excluding carboxylic acids is 2. The molecule has 0 bridgehead atoms. The molecule has 1 aliphatic rings. The molecule has 5 rings (SSSR count). The quantitative estimate of drug-likeness (QED) is 0.340. The number of benzene rings is 2. The number of carbonyl (C=O) groups is 2. The van der Waals surface area contributed by atoms with E-state index in [1.54, 1.807) is 67.6 Å². The van der Waals surface area contributed by atoms with Crippen LogP contribution < -0.4 is 5.73 Å². The predicted octanol–water partition coefficient (Wildman–Crippen LogP) is 2.92. The first-order chi connectivity index (χ1) is 16.9. The van der Waals surface area contributed by atoms with Gasteiger partial charge < -0.3 is 19.9 Å². The summed E-state index contributed by atoms with van der Waals surface area (Å²) in [5, 5.41) is 0. The smallest absolute Gasteiger partial charge is 0.338 e. The lowest BCUT2D eigenvalue weighted by molar-refractivity contribution is -0.0477. The van der Waals surface area contributed by atoms with Crippen LogP contribution in [0.25, 0.3) is 11.2 Å². The Bertz CT molecular complexity index is 1380. The fourth-order valence-electron chi connectivity index (χ4n) is 3.94. The van der Waals surface area contributed by atoms with E-state index in [2.05, 4.69) is 15.0 Å². The molecule has 1 fully saturated rings. The van der Waals surface area contributed by atoms with Crippen LogP contribution in [0.1, 0.15) is 33.9 Å². The van der Waals surface area contributed by atoms with Gasteiger partial charge in [-0.25, -0.2) is 14.6 Å². The lowest BCUT2D eigenvalue weighted by Gasteiger charge is -2.24. The number of halogens is 1. The fraction of sp³-hybridized carbons (Fsp3) is 0.208. The summed E-state index contributed by atoms with van der Waals surface area (Å²) >= 11 is 0. The summed E-state index contributed by atoms with van der Waals surface area (Å²) in [6.07, 6.45) is -3.54. The van der Waals surface area contributed by atoms with Crippen molar-refractivity contribution in [1.29, 1.82) is 0 Å². The highest BCUT2D eigenvalue weighted by Gasteiger charge is 2.49. The van der Waals surface area contributed by atoms with Crippen LogP contribution in [0.15, 0.2) is 67.0 Å². The molecule has 0 saturated carbocycles. The molecule has 2 N–H and O–H groups in total. The molecule has 1 saturated heterocycles. The van der Waals surface area contributed by atoms with Crippen LogP contribution in [0.4, 0.5) is 10.2 Å². The van der Waals surface area contributed by atoms with E-state index < -0.39 is 42.6 Å². The third-order valence-corrected chi connectivity index (χ3v) is 5.62. The van der Waals surface area contributed by atoms with Crippen LogP contribution in [0.2, 0.25) is 0 Å². The number of esters is 2. The Hall–Kier alpha value is -4.38. The minimum absolute atomic E-state index is 0.0444. The molecule has 0 unspecified atom stereocenters.